The number of piperidine rings is 1. The van der Waals surface area contributed by atoms with E-state index in [0.29, 0.717) is 19.6 Å². The van der Waals surface area contributed by atoms with Gasteiger partial charge in [-0.15, -0.1) is 0 Å². The van der Waals surface area contributed by atoms with Gasteiger partial charge in [-0.3, -0.25) is 5.10 Å². The van der Waals surface area contributed by atoms with Gasteiger partial charge in [0.05, 0.1) is 18.3 Å². The van der Waals surface area contributed by atoms with Crippen LogP contribution in [0.15, 0.2) is 36.5 Å². The summed E-state index contributed by atoms with van der Waals surface area (Å²) in [5, 5.41) is 19.9. The molecule has 1 saturated heterocycles. The fraction of sp³-hybridized carbons (Fsp3) is 0.412. The van der Waals surface area contributed by atoms with Crippen molar-refractivity contribution in [3.8, 4) is 0 Å². The second kappa shape index (κ2) is 7.44. The highest BCUT2D eigenvalue weighted by Crippen LogP contribution is 2.30. The fourth-order valence-corrected chi connectivity index (χ4v) is 3.02. The molecule has 24 heavy (non-hydrogen) atoms. The second-order valence-corrected chi connectivity index (χ2v) is 6.06. The number of aliphatic hydroxyl groups is 1. The summed E-state index contributed by atoms with van der Waals surface area (Å²) in [6.45, 7) is 1.60. The second-order valence-electron chi connectivity index (χ2n) is 6.06. The third-order valence-corrected chi connectivity index (χ3v) is 4.47. The Labute approximate surface area is 139 Å². The predicted octanol–water partition coefficient (Wildman–Crippen LogP) is 2.20. The van der Waals surface area contributed by atoms with Crippen molar-refractivity contribution in [3.05, 3.63) is 53.6 Å². The molecule has 128 valence electrons. The Bertz CT molecular complexity index is 652. The molecule has 0 aliphatic carbocycles. The molecule has 2 heterocycles. The minimum Gasteiger partial charge on any atom is -0.388 e. The fourth-order valence-electron chi connectivity index (χ4n) is 3.02. The number of amides is 2. The van der Waals surface area contributed by atoms with Gasteiger partial charge >= 0.3 is 6.03 Å². The van der Waals surface area contributed by atoms with Crippen LogP contribution >= 0.6 is 0 Å². The molecule has 1 aliphatic heterocycles. The average molecular weight is 332 g/mol. The number of aromatic amines is 1. The van der Waals surface area contributed by atoms with E-state index in [0.717, 1.165) is 24.1 Å². The molecular formula is C17H21FN4O2. The number of nitrogens with one attached hydrogen (secondary N) is 2. The van der Waals surface area contributed by atoms with Crippen LogP contribution in [-0.4, -0.2) is 39.3 Å². The lowest BCUT2D eigenvalue weighted by molar-refractivity contribution is 0.0664. The van der Waals surface area contributed by atoms with E-state index >= 15 is 0 Å². The van der Waals surface area contributed by atoms with E-state index in [1.165, 1.54) is 12.1 Å². The molecule has 3 N–H and O–H groups in total. The molecule has 1 aromatic carbocycles. The number of carbonyl (C=O) groups is 1. The minimum atomic E-state index is -0.624. The van der Waals surface area contributed by atoms with E-state index < -0.39 is 6.10 Å². The topological polar surface area (TPSA) is 81.2 Å². The van der Waals surface area contributed by atoms with Crippen LogP contribution in [0.25, 0.3) is 0 Å². The number of aliphatic hydroxyl groups excluding tert-OH is 1. The number of benzene rings is 1. The third kappa shape index (κ3) is 3.91. The van der Waals surface area contributed by atoms with Crippen LogP contribution in [0.3, 0.4) is 0 Å². The van der Waals surface area contributed by atoms with Crippen LogP contribution in [0, 0.1) is 11.7 Å². The molecular weight excluding hydrogens is 311 g/mol. The van der Waals surface area contributed by atoms with Gasteiger partial charge in [0, 0.05) is 19.3 Å². The molecule has 0 spiro atoms. The molecule has 6 nitrogen and oxygen atoms in total. The summed E-state index contributed by atoms with van der Waals surface area (Å²) in [7, 11) is 0. The number of nitrogens with zero attached hydrogens (tertiary/aromatic N) is 2. The van der Waals surface area contributed by atoms with Gasteiger partial charge in [-0.1, -0.05) is 12.1 Å². The van der Waals surface area contributed by atoms with Gasteiger partial charge in [-0.25, -0.2) is 9.18 Å². The first-order valence-corrected chi connectivity index (χ1v) is 8.08. The van der Waals surface area contributed by atoms with Crippen molar-refractivity contribution in [2.24, 2.45) is 5.92 Å². The summed E-state index contributed by atoms with van der Waals surface area (Å²) < 4.78 is 13.0. The maximum Gasteiger partial charge on any atom is 0.317 e. The number of carbonyl (C=O) groups excluding carboxylic acids is 1. The van der Waals surface area contributed by atoms with Crippen molar-refractivity contribution >= 4 is 6.03 Å². The summed E-state index contributed by atoms with van der Waals surface area (Å²) in [5.74, 6) is -0.234. The Hall–Kier alpha value is -2.41. The van der Waals surface area contributed by atoms with Crippen LogP contribution < -0.4 is 5.32 Å². The van der Waals surface area contributed by atoms with E-state index in [4.69, 9.17) is 0 Å². The summed E-state index contributed by atoms with van der Waals surface area (Å²) in [5.41, 5.74) is 1.57. The van der Waals surface area contributed by atoms with Crippen LogP contribution in [0.5, 0.6) is 0 Å². The molecule has 1 unspecified atom stereocenters. The van der Waals surface area contributed by atoms with Crippen molar-refractivity contribution in [1.29, 1.82) is 0 Å². The molecule has 7 heteroatoms. The summed E-state index contributed by atoms with van der Waals surface area (Å²) in [6.07, 6.45) is 2.45. The molecule has 1 aliphatic rings. The maximum atomic E-state index is 13.0. The monoisotopic (exact) mass is 332 g/mol. The molecule has 0 bridgehead atoms. The van der Waals surface area contributed by atoms with Crippen molar-refractivity contribution in [1.82, 2.24) is 20.4 Å². The first kappa shape index (κ1) is 16.4. The van der Waals surface area contributed by atoms with Crippen molar-refractivity contribution in [3.63, 3.8) is 0 Å². The van der Waals surface area contributed by atoms with E-state index in [9.17, 15) is 14.3 Å². The Morgan fingerprint density at radius 3 is 2.67 bits per heavy atom. The average Bonchev–Trinajstić information content (AvgIpc) is 3.13. The summed E-state index contributed by atoms with van der Waals surface area (Å²) >= 11 is 0. The van der Waals surface area contributed by atoms with Crippen LogP contribution in [0.1, 0.15) is 30.2 Å². The lowest BCUT2D eigenvalue weighted by atomic mass is 9.87. The predicted molar refractivity (Wildman–Crippen MR) is 86.5 cm³/mol. The van der Waals surface area contributed by atoms with Gasteiger partial charge in [0.25, 0.3) is 0 Å². The SMILES string of the molecule is O=C(NCc1ccn[nH]1)N1CCC(C(O)c2ccc(F)cc2)CC1. The normalized spacial score (nSPS) is 16.8. The number of aromatic nitrogens is 2. The van der Waals surface area contributed by atoms with Gasteiger partial charge in [-0.05, 0) is 42.5 Å². The van der Waals surface area contributed by atoms with Gasteiger partial charge in [-0.2, -0.15) is 5.10 Å². The van der Waals surface area contributed by atoms with E-state index in [2.05, 4.69) is 15.5 Å². The molecule has 2 aromatic rings. The van der Waals surface area contributed by atoms with Crippen molar-refractivity contribution < 1.29 is 14.3 Å². The molecule has 0 saturated carbocycles. The first-order valence-electron chi connectivity index (χ1n) is 8.08. The Balaban J connectivity index is 1.48. The maximum absolute atomic E-state index is 13.0. The quantitative estimate of drug-likeness (QED) is 0.803. The Kier molecular flexibility index (Phi) is 5.10. The zero-order chi connectivity index (χ0) is 16.9. The van der Waals surface area contributed by atoms with Gasteiger partial charge in [0.1, 0.15) is 5.82 Å². The van der Waals surface area contributed by atoms with Crippen molar-refractivity contribution in [2.75, 3.05) is 13.1 Å². The molecule has 1 fully saturated rings. The lowest BCUT2D eigenvalue weighted by Gasteiger charge is -2.34. The molecule has 3 rings (SSSR count). The van der Waals surface area contributed by atoms with E-state index in [1.54, 1.807) is 23.2 Å². The highest BCUT2D eigenvalue weighted by Gasteiger charge is 2.28. The molecule has 1 atom stereocenters. The van der Waals surface area contributed by atoms with Crippen LogP contribution in [0.4, 0.5) is 9.18 Å². The van der Waals surface area contributed by atoms with E-state index in [-0.39, 0.29) is 17.8 Å². The van der Waals surface area contributed by atoms with Crippen molar-refractivity contribution in [2.45, 2.75) is 25.5 Å². The number of halogens is 1. The summed E-state index contributed by atoms with van der Waals surface area (Å²) in [6, 6.07) is 7.64. The largest absolute Gasteiger partial charge is 0.388 e. The number of likely N-dealkylation sites (tertiary alicyclic amines) is 1. The number of rotatable bonds is 4. The van der Waals surface area contributed by atoms with Crippen LogP contribution in [0.2, 0.25) is 0 Å². The smallest absolute Gasteiger partial charge is 0.317 e. The zero-order valence-corrected chi connectivity index (χ0v) is 13.3. The summed E-state index contributed by atoms with van der Waals surface area (Å²) in [4.78, 5) is 13.9. The highest BCUT2D eigenvalue weighted by atomic mass is 19.1. The Morgan fingerprint density at radius 1 is 1.33 bits per heavy atom. The number of hydrogen-bond donors (Lipinski definition) is 3. The minimum absolute atomic E-state index is 0.0760. The first-order chi connectivity index (χ1) is 11.6. The molecule has 2 amide bonds. The third-order valence-electron chi connectivity index (χ3n) is 4.47. The van der Waals surface area contributed by atoms with Gasteiger partial charge in [0.15, 0.2) is 0 Å². The number of urea groups is 1. The van der Waals surface area contributed by atoms with Crippen LogP contribution in [-0.2, 0) is 6.54 Å². The Morgan fingerprint density at radius 2 is 2.04 bits per heavy atom. The number of hydrogen-bond acceptors (Lipinski definition) is 3. The highest BCUT2D eigenvalue weighted by molar-refractivity contribution is 5.74. The van der Waals surface area contributed by atoms with Gasteiger partial charge in [0.2, 0.25) is 0 Å². The number of H-pyrrole nitrogens is 1. The van der Waals surface area contributed by atoms with Gasteiger partial charge < -0.3 is 15.3 Å². The molecule has 1 aromatic heterocycles. The van der Waals surface area contributed by atoms with E-state index in [1.807, 2.05) is 6.07 Å². The lowest BCUT2D eigenvalue weighted by Crippen LogP contribution is -2.45. The molecule has 0 radical (unpaired) electrons. The standard InChI is InChI=1S/C17H21FN4O2/c18-14-3-1-12(2-4-14)16(23)13-6-9-22(10-7-13)17(24)19-11-15-5-8-20-21-15/h1-5,8,13,16,23H,6-7,9-11H2,(H,19,24)(H,20,21). The zero-order valence-electron chi connectivity index (χ0n) is 13.3.